The number of carbonyl (C=O) groups excluding carboxylic acids is 1. The highest BCUT2D eigenvalue weighted by Crippen LogP contribution is 2.21. The highest BCUT2D eigenvalue weighted by Gasteiger charge is 2.18. The lowest BCUT2D eigenvalue weighted by Crippen LogP contribution is -2.20. The van der Waals surface area contributed by atoms with Crippen molar-refractivity contribution in [2.75, 3.05) is 0 Å². The second kappa shape index (κ2) is 9.17. The second-order valence-corrected chi connectivity index (χ2v) is 6.12. The molecule has 1 aliphatic carbocycles. The number of hydrogen-bond donors (Lipinski definition) is 0. The highest BCUT2D eigenvalue weighted by atomic mass is 16.5. The van der Waals surface area contributed by atoms with E-state index < -0.39 is 0 Å². The maximum absolute atomic E-state index is 12.2. The molecule has 0 aliphatic heterocycles. The fraction of sp³-hybridized carbons (Fsp3) is 0.824. The minimum atomic E-state index is -0.0753. The molecule has 0 bridgehead atoms. The van der Waals surface area contributed by atoms with Gasteiger partial charge in [-0.25, -0.2) is 4.79 Å². The van der Waals surface area contributed by atoms with E-state index in [9.17, 15) is 4.79 Å². The zero-order valence-electron chi connectivity index (χ0n) is 12.9. The van der Waals surface area contributed by atoms with E-state index in [1.54, 1.807) is 0 Å². The number of hydrogen-bond acceptors (Lipinski definition) is 2. The van der Waals surface area contributed by atoms with E-state index >= 15 is 0 Å². The van der Waals surface area contributed by atoms with Crippen LogP contribution in [-0.2, 0) is 9.53 Å². The van der Waals surface area contributed by atoms with Crippen molar-refractivity contribution in [3.63, 3.8) is 0 Å². The molecule has 19 heavy (non-hydrogen) atoms. The summed E-state index contributed by atoms with van der Waals surface area (Å²) in [5.41, 5.74) is 0.857. The average molecular weight is 266 g/mol. The summed E-state index contributed by atoms with van der Waals surface area (Å²) in [6.45, 7) is 6.32. The normalized spacial score (nSPS) is 19.1. The van der Waals surface area contributed by atoms with Crippen LogP contribution in [0.5, 0.6) is 0 Å². The molecular formula is C17H30O2. The summed E-state index contributed by atoms with van der Waals surface area (Å²) >= 11 is 0. The molecule has 2 nitrogen and oxygen atoms in total. The Morgan fingerprint density at radius 2 is 1.74 bits per heavy atom. The SMILES string of the molecule is C/C=C(/CCC(C)C)C(=O)OC1CCCCCCC1. The van der Waals surface area contributed by atoms with Crippen LogP contribution >= 0.6 is 0 Å². The van der Waals surface area contributed by atoms with Crippen LogP contribution in [0.15, 0.2) is 11.6 Å². The van der Waals surface area contributed by atoms with Crippen molar-refractivity contribution >= 4 is 5.97 Å². The summed E-state index contributed by atoms with van der Waals surface area (Å²) in [4.78, 5) is 12.2. The molecule has 0 aromatic heterocycles. The fourth-order valence-electron chi connectivity index (χ4n) is 2.57. The minimum Gasteiger partial charge on any atom is -0.459 e. The molecule has 0 radical (unpaired) electrons. The van der Waals surface area contributed by atoms with Crippen molar-refractivity contribution in [1.82, 2.24) is 0 Å². The summed E-state index contributed by atoms with van der Waals surface area (Å²) in [7, 11) is 0. The van der Waals surface area contributed by atoms with Gasteiger partial charge in [-0.15, -0.1) is 0 Å². The first kappa shape index (κ1) is 16.3. The Balaban J connectivity index is 2.41. The van der Waals surface area contributed by atoms with Gasteiger partial charge in [0.2, 0.25) is 0 Å². The maximum Gasteiger partial charge on any atom is 0.333 e. The Kier molecular flexibility index (Phi) is 7.85. The van der Waals surface area contributed by atoms with Gasteiger partial charge in [0.15, 0.2) is 0 Å². The van der Waals surface area contributed by atoms with Gasteiger partial charge < -0.3 is 4.74 Å². The molecule has 0 atom stereocenters. The maximum atomic E-state index is 12.2. The second-order valence-electron chi connectivity index (χ2n) is 6.12. The third kappa shape index (κ3) is 6.79. The van der Waals surface area contributed by atoms with E-state index in [1.807, 2.05) is 13.0 Å². The molecule has 0 aromatic carbocycles. The largest absolute Gasteiger partial charge is 0.459 e. The molecule has 1 rings (SSSR count). The number of allylic oxidation sites excluding steroid dienone is 1. The first-order chi connectivity index (χ1) is 9.13. The summed E-state index contributed by atoms with van der Waals surface area (Å²) in [5.74, 6) is 0.554. The number of ether oxygens (including phenoxy) is 1. The molecule has 1 aliphatic rings. The lowest BCUT2D eigenvalue weighted by atomic mass is 9.98. The van der Waals surface area contributed by atoms with Gasteiger partial charge in [0.25, 0.3) is 0 Å². The van der Waals surface area contributed by atoms with Gasteiger partial charge >= 0.3 is 5.97 Å². The van der Waals surface area contributed by atoms with Crippen molar-refractivity contribution in [1.29, 1.82) is 0 Å². The lowest BCUT2D eigenvalue weighted by molar-refractivity contribution is -0.145. The quantitative estimate of drug-likeness (QED) is 0.515. The first-order valence-corrected chi connectivity index (χ1v) is 7.99. The summed E-state index contributed by atoms with van der Waals surface area (Å²) < 4.78 is 5.70. The van der Waals surface area contributed by atoms with Gasteiger partial charge in [-0.1, -0.05) is 39.2 Å². The molecule has 1 fully saturated rings. The molecule has 110 valence electrons. The molecule has 0 amide bonds. The first-order valence-electron chi connectivity index (χ1n) is 7.99. The fourth-order valence-corrected chi connectivity index (χ4v) is 2.57. The zero-order chi connectivity index (χ0) is 14.1. The Morgan fingerprint density at radius 3 is 2.26 bits per heavy atom. The Bertz CT molecular complexity index is 284. The molecule has 0 heterocycles. The summed E-state index contributed by atoms with van der Waals surface area (Å²) in [5, 5.41) is 0. The molecule has 0 spiro atoms. The third-order valence-electron chi connectivity index (χ3n) is 3.93. The molecule has 1 saturated carbocycles. The lowest BCUT2D eigenvalue weighted by Gasteiger charge is -2.21. The molecule has 0 aromatic rings. The average Bonchev–Trinajstić information content (AvgIpc) is 2.32. The van der Waals surface area contributed by atoms with Crippen LogP contribution in [0.2, 0.25) is 0 Å². The van der Waals surface area contributed by atoms with Gasteiger partial charge in [0.1, 0.15) is 6.10 Å². The van der Waals surface area contributed by atoms with Crippen molar-refractivity contribution in [2.45, 2.75) is 84.7 Å². The van der Waals surface area contributed by atoms with Crippen molar-refractivity contribution < 1.29 is 9.53 Å². The van der Waals surface area contributed by atoms with Gasteiger partial charge in [-0.05, 0) is 51.4 Å². The van der Waals surface area contributed by atoms with E-state index in [0.717, 1.165) is 31.3 Å². The van der Waals surface area contributed by atoms with Gasteiger partial charge in [0.05, 0.1) is 0 Å². The monoisotopic (exact) mass is 266 g/mol. The van der Waals surface area contributed by atoms with Gasteiger partial charge in [0, 0.05) is 5.57 Å². The Hall–Kier alpha value is -0.790. The van der Waals surface area contributed by atoms with E-state index in [1.165, 1.54) is 32.1 Å². The topological polar surface area (TPSA) is 26.3 Å². The predicted molar refractivity (Wildman–Crippen MR) is 80.0 cm³/mol. The van der Waals surface area contributed by atoms with Crippen LogP contribution in [0.1, 0.15) is 78.6 Å². The predicted octanol–water partition coefficient (Wildman–Crippen LogP) is 5.03. The van der Waals surface area contributed by atoms with Crippen LogP contribution in [0.3, 0.4) is 0 Å². The molecular weight excluding hydrogens is 236 g/mol. The van der Waals surface area contributed by atoms with Crippen molar-refractivity contribution in [3.8, 4) is 0 Å². The molecule has 0 unspecified atom stereocenters. The minimum absolute atomic E-state index is 0.0753. The van der Waals surface area contributed by atoms with Gasteiger partial charge in [-0.3, -0.25) is 0 Å². The smallest absolute Gasteiger partial charge is 0.333 e. The Labute approximate surface area is 118 Å². The van der Waals surface area contributed by atoms with E-state index in [0.29, 0.717) is 5.92 Å². The van der Waals surface area contributed by atoms with E-state index in [-0.39, 0.29) is 12.1 Å². The van der Waals surface area contributed by atoms with E-state index in [4.69, 9.17) is 4.74 Å². The van der Waals surface area contributed by atoms with E-state index in [2.05, 4.69) is 13.8 Å². The summed E-state index contributed by atoms with van der Waals surface area (Å²) in [6.07, 6.45) is 12.4. The number of rotatable bonds is 5. The summed E-state index contributed by atoms with van der Waals surface area (Å²) in [6, 6.07) is 0. The van der Waals surface area contributed by atoms with Crippen LogP contribution in [0.4, 0.5) is 0 Å². The van der Waals surface area contributed by atoms with Gasteiger partial charge in [-0.2, -0.15) is 0 Å². The van der Waals surface area contributed by atoms with Crippen molar-refractivity contribution in [2.24, 2.45) is 5.92 Å². The van der Waals surface area contributed by atoms with Crippen LogP contribution in [-0.4, -0.2) is 12.1 Å². The molecule has 2 heteroatoms. The Morgan fingerprint density at radius 1 is 1.16 bits per heavy atom. The highest BCUT2D eigenvalue weighted by molar-refractivity contribution is 5.88. The number of carbonyl (C=O) groups is 1. The van der Waals surface area contributed by atoms with Crippen LogP contribution < -0.4 is 0 Å². The molecule has 0 saturated heterocycles. The zero-order valence-corrected chi connectivity index (χ0v) is 12.9. The van der Waals surface area contributed by atoms with Crippen molar-refractivity contribution in [3.05, 3.63) is 11.6 Å². The third-order valence-corrected chi connectivity index (χ3v) is 3.93. The number of esters is 1. The van der Waals surface area contributed by atoms with Crippen LogP contribution in [0, 0.1) is 5.92 Å². The standard InChI is InChI=1S/C17H30O2/c1-4-15(13-12-14(2)3)17(18)19-16-10-8-6-5-7-9-11-16/h4,14,16H,5-13H2,1-3H3/b15-4-. The molecule has 0 N–H and O–H groups in total. The van der Waals surface area contributed by atoms with Crippen LogP contribution in [0.25, 0.3) is 0 Å².